The topological polar surface area (TPSA) is 60.7 Å². The van der Waals surface area contributed by atoms with Crippen molar-refractivity contribution < 1.29 is 34.2 Å². The standard InChI is InChI=1S/CH7O3P.Zn/c1-5(2,3)4;/h2-5H,1H3;. The van der Waals surface area contributed by atoms with Crippen molar-refractivity contribution in [3.05, 3.63) is 0 Å². The van der Waals surface area contributed by atoms with Crippen LogP contribution in [0, 0.1) is 0 Å². The fourth-order valence-corrected chi connectivity index (χ4v) is 0. The summed E-state index contributed by atoms with van der Waals surface area (Å²) in [4.78, 5) is 23.3. The first kappa shape index (κ1) is 10.0. The van der Waals surface area contributed by atoms with Crippen LogP contribution in [0.15, 0.2) is 0 Å². The molecule has 0 aliphatic heterocycles. The maximum Gasteiger partial charge on any atom is 0 e. The van der Waals surface area contributed by atoms with Crippen molar-refractivity contribution in [2.45, 2.75) is 0 Å². The Hall–Kier alpha value is 0.933. The van der Waals surface area contributed by atoms with Gasteiger partial charge in [-0.1, -0.05) is 0 Å². The molecule has 3 N–H and O–H groups in total. The van der Waals surface area contributed by atoms with Crippen LogP contribution in [0.4, 0.5) is 0 Å². The Balaban J connectivity index is 0. The smallest absolute Gasteiger partial charge is 0 e. The monoisotopic (exact) mass is 162 g/mol. The average molecular weight is 163 g/mol. The summed E-state index contributed by atoms with van der Waals surface area (Å²) in [5, 5.41) is 0. The molecule has 6 heavy (non-hydrogen) atoms. The summed E-state index contributed by atoms with van der Waals surface area (Å²) in [5.41, 5.74) is 0. The second-order valence-corrected chi connectivity index (χ2v) is 2.91. The first-order valence-corrected chi connectivity index (χ1v) is 3.51. The molecule has 0 radical (unpaired) electrons. The van der Waals surface area contributed by atoms with Crippen molar-refractivity contribution in [3.8, 4) is 0 Å². The van der Waals surface area contributed by atoms with E-state index in [1.54, 1.807) is 0 Å². The van der Waals surface area contributed by atoms with Gasteiger partial charge in [0.25, 0.3) is 0 Å². The van der Waals surface area contributed by atoms with Crippen LogP contribution in [-0.4, -0.2) is 21.3 Å². The van der Waals surface area contributed by atoms with E-state index in [9.17, 15) is 0 Å². The van der Waals surface area contributed by atoms with Crippen LogP contribution in [0.5, 0.6) is 0 Å². The third kappa shape index (κ3) is 87.6. The third-order valence-electron chi connectivity index (χ3n) is 0. The van der Waals surface area contributed by atoms with Gasteiger partial charge in [-0.2, -0.15) is 0 Å². The molecule has 0 saturated carbocycles. The molecule has 0 heterocycles. The Morgan fingerprint density at radius 1 is 1.17 bits per heavy atom. The molecule has 0 aromatic rings. The van der Waals surface area contributed by atoms with E-state index in [4.69, 9.17) is 14.7 Å². The van der Waals surface area contributed by atoms with Crippen molar-refractivity contribution in [1.82, 2.24) is 0 Å². The predicted octanol–water partition coefficient (Wildman–Crippen LogP) is -0.915. The van der Waals surface area contributed by atoms with Gasteiger partial charge in [0, 0.05) is 19.5 Å². The van der Waals surface area contributed by atoms with Gasteiger partial charge in [-0.3, -0.25) is 0 Å². The van der Waals surface area contributed by atoms with Crippen LogP contribution in [0.25, 0.3) is 0 Å². The maximum absolute atomic E-state index is 7.77. The van der Waals surface area contributed by atoms with Gasteiger partial charge in [-0.15, -0.1) is 0 Å². The normalized spacial score (nSPS) is 12.7. The van der Waals surface area contributed by atoms with Gasteiger partial charge in [-0.05, 0) is 0 Å². The summed E-state index contributed by atoms with van der Waals surface area (Å²) >= 11 is 0. The van der Waals surface area contributed by atoms with Crippen LogP contribution in [0.3, 0.4) is 0 Å². The quantitative estimate of drug-likeness (QED) is 0.320. The van der Waals surface area contributed by atoms with E-state index < -0.39 is 7.94 Å². The van der Waals surface area contributed by atoms with Gasteiger partial charge < -0.3 is 0 Å². The Morgan fingerprint density at radius 3 is 1.17 bits per heavy atom. The zero-order valence-corrected chi connectivity index (χ0v) is 7.52. The summed E-state index contributed by atoms with van der Waals surface area (Å²) in [5.74, 6) is 0. The van der Waals surface area contributed by atoms with Crippen LogP contribution in [0.2, 0.25) is 0 Å². The largest absolute Gasteiger partial charge is 0 e. The van der Waals surface area contributed by atoms with Gasteiger partial charge in [0.15, 0.2) is 0 Å². The van der Waals surface area contributed by atoms with E-state index in [0.717, 1.165) is 6.66 Å². The third-order valence-corrected chi connectivity index (χ3v) is 0. The first-order chi connectivity index (χ1) is 2.00. The summed E-state index contributed by atoms with van der Waals surface area (Å²) in [6, 6.07) is 0. The molecule has 36 valence electrons. The molecule has 0 aliphatic carbocycles. The van der Waals surface area contributed by atoms with Gasteiger partial charge in [-0.25, -0.2) is 0 Å². The van der Waals surface area contributed by atoms with E-state index in [1.165, 1.54) is 0 Å². The fraction of sp³-hybridized carbons (Fsp3) is 1.00. The van der Waals surface area contributed by atoms with Gasteiger partial charge in [0.2, 0.25) is 0 Å². The number of hydrogen-bond donors (Lipinski definition) is 3. The second kappa shape index (κ2) is 3.00. The van der Waals surface area contributed by atoms with Crippen molar-refractivity contribution >= 4 is 7.94 Å². The number of rotatable bonds is 0. The minimum Gasteiger partial charge on any atom is 0 e. The first-order valence-electron chi connectivity index (χ1n) is 1.17. The molecule has 0 atom stereocenters. The van der Waals surface area contributed by atoms with Crippen LogP contribution in [0.1, 0.15) is 0 Å². The average Bonchev–Trinajstić information content (AvgIpc) is 0.722. The zero-order valence-electron chi connectivity index (χ0n) is 3.55. The maximum atomic E-state index is 7.77. The minimum absolute atomic E-state index is 0. The molecule has 0 unspecified atom stereocenters. The second-order valence-electron chi connectivity index (χ2n) is 0.971. The molecule has 0 fully saturated rings. The van der Waals surface area contributed by atoms with Crippen molar-refractivity contribution in [3.63, 3.8) is 0 Å². The molecule has 0 aromatic carbocycles. The zero-order chi connectivity index (χ0) is 4.50. The van der Waals surface area contributed by atoms with E-state index >= 15 is 0 Å². The Morgan fingerprint density at radius 2 is 1.17 bits per heavy atom. The van der Waals surface area contributed by atoms with Crippen LogP contribution >= 0.6 is 7.94 Å². The molecule has 5 heteroatoms. The minimum atomic E-state index is -3.61. The molecule has 0 spiro atoms. The SMILES string of the molecule is C[PH](O)(O)O.[Zn]. The summed E-state index contributed by atoms with van der Waals surface area (Å²) < 4.78 is 0. The van der Waals surface area contributed by atoms with Gasteiger partial charge >= 0.3 is 29.3 Å². The Bertz CT molecular complexity index is 26.3. The molecule has 0 rings (SSSR count). The molecule has 0 amide bonds. The molecular weight excluding hydrogens is 156 g/mol. The van der Waals surface area contributed by atoms with E-state index in [0.29, 0.717) is 0 Å². The van der Waals surface area contributed by atoms with E-state index in [2.05, 4.69) is 0 Å². The van der Waals surface area contributed by atoms with Crippen LogP contribution in [-0.2, 0) is 19.5 Å². The molecule has 0 bridgehead atoms. The molecule has 3 nitrogen and oxygen atoms in total. The molecule has 0 saturated heterocycles. The van der Waals surface area contributed by atoms with E-state index in [1.807, 2.05) is 0 Å². The Labute approximate surface area is 49.3 Å². The molecular formula is CH7O3PZn. The summed E-state index contributed by atoms with van der Waals surface area (Å²) in [6.07, 6.45) is 0. The fourth-order valence-electron chi connectivity index (χ4n) is 0. The number of hydrogen-bond acceptors (Lipinski definition) is 3. The van der Waals surface area contributed by atoms with Gasteiger partial charge in [0.1, 0.15) is 0 Å². The van der Waals surface area contributed by atoms with Crippen molar-refractivity contribution in [1.29, 1.82) is 0 Å². The summed E-state index contributed by atoms with van der Waals surface area (Å²) in [6.45, 7) is 0.993. The molecule has 0 aromatic heterocycles. The predicted molar refractivity (Wildman–Crippen MR) is 20.9 cm³/mol. The van der Waals surface area contributed by atoms with E-state index in [-0.39, 0.29) is 19.5 Å². The van der Waals surface area contributed by atoms with Crippen LogP contribution < -0.4 is 0 Å². The van der Waals surface area contributed by atoms with Crippen molar-refractivity contribution in [2.24, 2.45) is 0 Å². The summed E-state index contributed by atoms with van der Waals surface area (Å²) in [7, 11) is -3.61. The Kier molecular flexibility index (Phi) is 5.02. The van der Waals surface area contributed by atoms with Crippen molar-refractivity contribution in [2.75, 3.05) is 6.66 Å². The van der Waals surface area contributed by atoms with Gasteiger partial charge in [0.05, 0.1) is 0 Å². The molecule has 0 aliphatic rings.